The third kappa shape index (κ3) is 3.71. The van der Waals surface area contributed by atoms with Crippen LogP contribution < -0.4 is 11.1 Å². The second kappa shape index (κ2) is 7.90. The number of hydrogen-bond acceptors (Lipinski definition) is 6. The number of nitrogen functional groups attached to an aromatic ring is 1. The van der Waals surface area contributed by atoms with E-state index in [-0.39, 0.29) is 30.5 Å². The van der Waals surface area contributed by atoms with E-state index in [9.17, 15) is 13.6 Å². The van der Waals surface area contributed by atoms with E-state index in [0.717, 1.165) is 10.9 Å². The Morgan fingerprint density at radius 3 is 2.87 bits per heavy atom. The topological polar surface area (TPSA) is 112 Å². The Kier molecular flexibility index (Phi) is 5.13. The van der Waals surface area contributed by atoms with Crippen LogP contribution in [0.2, 0.25) is 0 Å². The van der Waals surface area contributed by atoms with Crippen LogP contribution in [-0.4, -0.2) is 31.9 Å². The van der Waals surface area contributed by atoms with Crippen LogP contribution in [-0.2, 0) is 13.1 Å². The van der Waals surface area contributed by atoms with E-state index in [0.29, 0.717) is 16.9 Å². The summed E-state index contributed by atoms with van der Waals surface area (Å²) in [5.74, 6) is -0.280. The van der Waals surface area contributed by atoms with Crippen molar-refractivity contribution in [3.63, 3.8) is 0 Å². The third-order valence-corrected chi connectivity index (χ3v) is 4.63. The van der Waals surface area contributed by atoms with E-state index in [2.05, 4.69) is 20.3 Å². The van der Waals surface area contributed by atoms with Gasteiger partial charge in [-0.2, -0.15) is 0 Å². The van der Waals surface area contributed by atoms with E-state index in [4.69, 9.17) is 10.2 Å². The van der Waals surface area contributed by atoms with Gasteiger partial charge >= 0.3 is 0 Å². The van der Waals surface area contributed by atoms with Gasteiger partial charge in [0, 0.05) is 23.6 Å². The number of rotatable bonds is 6. The molecule has 3 heterocycles. The van der Waals surface area contributed by atoms with Crippen molar-refractivity contribution in [2.45, 2.75) is 26.4 Å². The van der Waals surface area contributed by atoms with Crippen LogP contribution in [0.3, 0.4) is 0 Å². The maximum atomic E-state index is 12.7. The van der Waals surface area contributed by atoms with E-state index in [1.807, 2.05) is 6.07 Å². The first-order valence-corrected chi connectivity index (χ1v) is 9.11. The fraction of sp³-hybridized carbons (Fsp3) is 0.200. The van der Waals surface area contributed by atoms with Crippen LogP contribution in [0, 0.1) is 6.92 Å². The highest BCUT2D eigenvalue weighted by atomic mass is 19.3. The van der Waals surface area contributed by atoms with Gasteiger partial charge in [-0.1, -0.05) is 12.1 Å². The lowest BCUT2D eigenvalue weighted by Crippen LogP contribution is -2.26. The molecular formula is C20H18F2N6O2. The number of nitrogens with zero attached hydrogens (tertiary/aromatic N) is 4. The summed E-state index contributed by atoms with van der Waals surface area (Å²) in [6, 6.07) is 7.09. The number of halogens is 2. The van der Waals surface area contributed by atoms with Crippen molar-refractivity contribution in [1.82, 2.24) is 24.8 Å². The summed E-state index contributed by atoms with van der Waals surface area (Å²) in [7, 11) is 0. The van der Waals surface area contributed by atoms with Crippen LogP contribution in [0.15, 0.2) is 47.3 Å². The van der Waals surface area contributed by atoms with Crippen LogP contribution in [0.25, 0.3) is 22.5 Å². The first-order valence-electron chi connectivity index (χ1n) is 9.11. The summed E-state index contributed by atoms with van der Waals surface area (Å²) in [5, 5.41) is 3.55. The highest BCUT2D eigenvalue weighted by molar-refractivity contribution is 5.97. The minimum atomic E-state index is -2.45. The lowest BCUT2D eigenvalue weighted by molar-refractivity contribution is 0.0946. The van der Waals surface area contributed by atoms with E-state index in [1.165, 1.54) is 17.0 Å². The van der Waals surface area contributed by atoms with E-state index in [1.54, 1.807) is 31.3 Å². The predicted molar refractivity (Wildman–Crippen MR) is 106 cm³/mol. The zero-order valence-electron chi connectivity index (χ0n) is 16.0. The van der Waals surface area contributed by atoms with Gasteiger partial charge in [0.1, 0.15) is 12.0 Å². The van der Waals surface area contributed by atoms with Crippen molar-refractivity contribution in [3.05, 3.63) is 59.9 Å². The number of nitrogens with one attached hydrogen (secondary N) is 1. The molecule has 0 bridgehead atoms. The van der Waals surface area contributed by atoms with Gasteiger partial charge < -0.3 is 20.0 Å². The monoisotopic (exact) mass is 412 g/mol. The maximum absolute atomic E-state index is 12.7. The zero-order valence-corrected chi connectivity index (χ0v) is 16.0. The molecule has 0 radical (unpaired) electrons. The predicted octanol–water partition coefficient (Wildman–Crippen LogP) is 3.17. The molecular weight excluding hydrogens is 394 g/mol. The van der Waals surface area contributed by atoms with Crippen molar-refractivity contribution in [2.24, 2.45) is 0 Å². The minimum absolute atomic E-state index is 0.00903. The largest absolute Gasteiger partial charge is 0.443 e. The SMILES string of the molecule is Cc1nc(C(=O)NCc2cccc3c2ccn3CC(F)F)c(N)nc1-c1ncco1. The van der Waals surface area contributed by atoms with E-state index >= 15 is 0 Å². The number of amides is 1. The van der Waals surface area contributed by atoms with Crippen molar-refractivity contribution in [1.29, 1.82) is 0 Å². The molecule has 0 aliphatic carbocycles. The molecule has 8 nitrogen and oxygen atoms in total. The quantitative estimate of drug-likeness (QED) is 0.503. The molecule has 0 saturated heterocycles. The number of carbonyl (C=O) groups excluding carboxylic acids is 1. The zero-order chi connectivity index (χ0) is 21.3. The molecule has 154 valence electrons. The summed E-state index contributed by atoms with van der Waals surface area (Å²) in [5.41, 5.74) is 8.19. The molecule has 0 atom stereocenters. The fourth-order valence-corrected chi connectivity index (χ4v) is 3.25. The second-order valence-corrected chi connectivity index (χ2v) is 6.62. The van der Waals surface area contributed by atoms with Gasteiger partial charge in [-0.15, -0.1) is 0 Å². The van der Waals surface area contributed by atoms with Crippen LogP contribution in [0.1, 0.15) is 21.7 Å². The van der Waals surface area contributed by atoms with Gasteiger partial charge in [-0.3, -0.25) is 4.79 Å². The van der Waals surface area contributed by atoms with Crippen molar-refractivity contribution in [3.8, 4) is 11.6 Å². The van der Waals surface area contributed by atoms with Gasteiger partial charge in [0.15, 0.2) is 11.5 Å². The fourth-order valence-electron chi connectivity index (χ4n) is 3.25. The Hall–Kier alpha value is -3.82. The summed E-state index contributed by atoms with van der Waals surface area (Å²) >= 11 is 0. The number of anilines is 1. The molecule has 1 amide bonds. The van der Waals surface area contributed by atoms with Gasteiger partial charge in [0.2, 0.25) is 5.89 Å². The van der Waals surface area contributed by atoms with Gasteiger partial charge in [0.05, 0.1) is 18.4 Å². The number of carbonyl (C=O) groups is 1. The standard InChI is InChI=1S/C20H18F2N6O2/c1-11-16(20-24-6-8-30-20)27-18(23)17(26-11)19(29)25-9-12-3-2-4-14-13(12)5-7-28(14)10-15(21)22/h2-8,15H,9-10H2,1H3,(H2,23,27)(H,25,29). The van der Waals surface area contributed by atoms with E-state index < -0.39 is 12.3 Å². The first-order chi connectivity index (χ1) is 14.4. The molecule has 0 aliphatic heterocycles. The molecule has 4 aromatic rings. The normalized spacial score (nSPS) is 11.3. The summed E-state index contributed by atoms with van der Waals surface area (Å²) in [6.45, 7) is 1.47. The van der Waals surface area contributed by atoms with Crippen LogP contribution >= 0.6 is 0 Å². The van der Waals surface area contributed by atoms with Crippen molar-refractivity contribution < 1.29 is 18.0 Å². The molecule has 0 fully saturated rings. The Bertz CT molecular complexity index is 1200. The Morgan fingerprint density at radius 1 is 1.30 bits per heavy atom. The van der Waals surface area contributed by atoms with Gasteiger partial charge in [-0.05, 0) is 24.6 Å². The number of aromatic nitrogens is 4. The molecule has 0 unspecified atom stereocenters. The maximum Gasteiger partial charge on any atom is 0.273 e. The Balaban J connectivity index is 1.54. The third-order valence-electron chi connectivity index (χ3n) is 4.63. The van der Waals surface area contributed by atoms with Gasteiger partial charge in [0.25, 0.3) is 12.3 Å². The molecule has 3 N–H and O–H groups in total. The Labute approximate surface area is 169 Å². The van der Waals surface area contributed by atoms with Gasteiger partial charge in [-0.25, -0.2) is 23.7 Å². The highest BCUT2D eigenvalue weighted by Crippen LogP contribution is 2.23. The number of oxazole rings is 1. The number of fused-ring (bicyclic) bond motifs is 1. The second-order valence-electron chi connectivity index (χ2n) is 6.62. The van der Waals surface area contributed by atoms with Crippen LogP contribution in [0.4, 0.5) is 14.6 Å². The lowest BCUT2D eigenvalue weighted by Gasteiger charge is -2.10. The average molecular weight is 412 g/mol. The molecule has 10 heteroatoms. The Morgan fingerprint density at radius 2 is 2.13 bits per heavy atom. The van der Waals surface area contributed by atoms with Crippen molar-refractivity contribution >= 4 is 22.6 Å². The average Bonchev–Trinajstić information content (AvgIpc) is 3.38. The molecule has 4 rings (SSSR count). The summed E-state index contributed by atoms with van der Waals surface area (Å²) < 4.78 is 32.2. The molecule has 1 aromatic carbocycles. The number of hydrogen-bond donors (Lipinski definition) is 2. The highest BCUT2D eigenvalue weighted by Gasteiger charge is 2.19. The van der Waals surface area contributed by atoms with Crippen LogP contribution in [0.5, 0.6) is 0 Å². The number of aryl methyl sites for hydroxylation is 1. The smallest absolute Gasteiger partial charge is 0.273 e. The number of alkyl halides is 2. The lowest BCUT2D eigenvalue weighted by atomic mass is 10.1. The molecule has 3 aromatic heterocycles. The minimum Gasteiger partial charge on any atom is -0.443 e. The number of nitrogens with two attached hydrogens (primary N) is 1. The molecule has 0 aliphatic rings. The summed E-state index contributed by atoms with van der Waals surface area (Å²) in [6.07, 6.45) is 2.04. The first kappa shape index (κ1) is 19.5. The summed E-state index contributed by atoms with van der Waals surface area (Å²) in [4.78, 5) is 25.1. The molecule has 0 saturated carbocycles. The molecule has 30 heavy (non-hydrogen) atoms. The van der Waals surface area contributed by atoms with Crippen molar-refractivity contribution in [2.75, 3.05) is 5.73 Å². The molecule has 0 spiro atoms. The number of benzene rings is 1.